The van der Waals surface area contributed by atoms with Crippen LogP contribution in [0.5, 0.6) is 0 Å². The Bertz CT molecular complexity index is 381. The third-order valence-electron chi connectivity index (χ3n) is 2.99. The Hall–Kier alpha value is -1.45. The van der Waals surface area contributed by atoms with Crippen LogP contribution in [-0.4, -0.2) is 16.1 Å². The lowest BCUT2D eigenvalue weighted by atomic mass is 9.90. The summed E-state index contributed by atoms with van der Waals surface area (Å²) in [5, 5.41) is 9.00. The van der Waals surface area contributed by atoms with E-state index in [1.807, 2.05) is 0 Å². The Kier molecular flexibility index (Phi) is 2.66. The number of aliphatic carboxylic acids is 1. The number of pyridine rings is 1. The van der Waals surface area contributed by atoms with Gasteiger partial charge in [-0.3, -0.25) is 9.78 Å². The summed E-state index contributed by atoms with van der Waals surface area (Å²) in [4.78, 5) is 14.7. The highest BCUT2D eigenvalue weighted by Crippen LogP contribution is 2.39. The van der Waals surface area contributed by atoms with Gasteiger partial charge >= 0.3 is 5.97 Å². The zero-order chi connectivity index (χ0) is 10.8. The van der Waals surface area contributed by atoms with Gasteiger partial charge in [0.25, 0.3) is 0 Å². The third kappa shape index (κ3) is 1.98. The molecule has 0 aromatic carbocycles. The van der Waals surface area contributed by atoms with E-state index in [1.54, 1.807) is 6.20 Å². The highest BCUT2D eigenvalue weighted by atomic mass is 19.1. The predicted octanol–water partition coefficient (Wildman–Crippen LogP) is 2.19. The van der Waals surface area contributed by atoms with E-state index in [0.717, 1.165) is 19.0 Å². The fraction of sp³-hybridized carbons (Fsp3) is 0.455. The maximum Gasteiger partial charge on any atom is 0.307 e. The second-order valence-corrected chi connectivity index (χ2v) is 3.92. The Morgan fingerprint density at radius 3 is 2.93 bits per heavy atom. The molecular formula is C11H12FNO2. The van der Waals surface area contributed by atoms with Crippen LogP contribution < -0.4 is 0 Å². The van der Waals surface area contributed by atoms with Crippen LogP contribution in [0.4, 0.5) is 4.39 Å². The predicted molar refractivity (Wildman–Crippen MR) is 51.9 cm³/mol. The van der Waals surface area contributed by atoms with Crippen LogP contribution in [0, 0.1) is 11.7 Å². The van der Waals surface area contributed by atoms with Crippen molar-refractivity contribution in [3.63, 3.8) is 0 Å². The molecule has 2 atom stereocenters. The quantitative estimate of drug-likeness (QED) is 0.812. The molecule has 3 nitrogen and oxygen atoms in total. The third-order valence-corrected chi connectivity index (χ3v) is 2.99. The molecule has 1 saturated carbocycles. The summed E-state index contributed by atoms with van der Waals surface area (Å²) in [6, 6.07) is 1.39. The van der Waals surface area contributed by atoms with Gasteiger partial charge in [-0.1, -0.05) is 6.42 Å². The number of aromatic nitrogens is 1. The van der Waals surface area contributed by atoms with Crippen molar-refractivity contribution in [2.24, 2.45) is 5.92 Å². The molecule has 0 bridgehead atoms. The molecule has 0 spiro atoms. The molecule has 80 valence electrons. The first-order chi connectivity index (χ1) is 7.18. The largest absolute Gasteiger partial charge is 0.481 e. The molecule has 0 amide bonds. The molecule has 1 N–H and O–H groups in total. The van der Waals surface area contributed by atoms with Crippen LogP contribution in [0.2, 0.25) is 0 Å². The van der Waals surface area contributed by atoms with Crippen molar-refractivity contribution in [2.45, 2.75) is 25.2 Å². The van der Waals surface area contributed by atoms with Crippen LogP contribution in [0.25, 0.3) is 0 Å². The van der Waals surface area contributed by atoms with Crippen LogP contribution in [0.15, 0.2) is 18.5 Å². The summed E-state index contributed by atoms with van der Waals surface area (Å²) >= 11 is 0. The smallest absolute Gasteiger partial charge is 0.307 e. The second kappa shape index (κ2) is 3.96. The van der Waals surface area contributed by atoms with Crippen LogP contribution in [0.3, 0.4) is 0 Å². The number of carboxylic acid groups (broad SMARTS) is 1. The monoisotopic (exact) mass is 209 g/mol. The van der Waals surface area contributed by atoms with Crippen LogP contribution in [-0.2, 0) is 4.79 Å². The summed E-state index contributed by atoms with van der Waals surface area (Å²) in [7, 11) is 0. The van der Waals surface area contributed by atoms with E-state index in [9.17, 15) is 9.18 Å². The Balaban J connectivity index is 2.26. The maximum atomic E-state index is 12.9. The molecule has 1 fully saturated rings. The first-order valence-corrected chi connectivity index (χ1v) is 5.01. The lowest BCUT2D eigenvalue weighted by molar-refractivity contribution is -0.142. The van der Waals surface area contributed by atoms with Gasteiger partial charge in [-0.2, -0.15) is 0 Å². The van der Waals surface area contributed by atoms with Gasteiger partial charge in [-0.15, -0.1) is 0 Å². The lowest BCUT2D eigenvalue weighted by Gasteiger charge is -2.15. The normalized spacial score (nSPS) is 25.4. The molecule has 1 aromatic rings. The van der Waals surface area contributed by atoms with Crippen molar-refractivity contribution in [1.82, 2.24) is 4.98 Å². The van der Waals surface area contributed by atoms with E-state index in [1.165, 1.54) is 6.07 Å². The molecule has 0 aliphatic heterocycles. The molecule has 1 aromatic heterocycles. The SMILES string of the molecule is O=C(O)C1CCCC1c1cncc(F)c1. The summed E-state index contributed by atoms with van der Waals surface area (Å²) in [5.41, 5.74) is 0.708. The van der Waals surface area contributed by atoms with Gasteiger partial charge in [0.1, 0.15) is 5.82 Å². The molecule has 2 rings (SSSR count). The molecule has 1 heterocycles. The Labute approximate surface area is 87.0 Å². The van der Waals surface area contributed by atoms with Gasteiger partial charge < -0.3 is 5.11 Å². The zero-order valence-corrected chi connectivity index (χ0v) is 8.19. The van der Waals surface area contributed by atoms with E-state index >= 15 is 0 Å². The molecule has 1 aliphatic carbocycles. The van der Waals surface area contributed by atoms with Gasteiger partial charge in [-0.25, -0.2) is 4.39 Å². The fourth-order valence-corrected chi connectivity index (χ4v) is 2.29. The first-order valence-electron chi connectivity index (χ1n) is 5.01. The number of rotatable bonds is 2. The van der Waals surface area contributed by atoms with E-state index in [-0.39, 0.29) is 11.8 Å². The number of carboxylic acids is 1. The molecule has 15 heavy (non-hydrogen) atoms. The molecule has 0 saturated heterocycles. The van der Waals surface area contributed by atoms with Crippen molar-refractivity contribution < 1.29 is 14.3 Å². The number of hydrogen-bond donors (Lipinski definition) is 1. The van der Waals surface area contributed by atoms with Crippen molar-refractivity contribution in [3.8, 4) is 0 Å². The number of hydrogen-bond acceptors (Lipinski definition) is 2. The standard InChI is InChI=1S/C11H12FNO2/c12-8-4-7(5-13-6-8)9-2-1-3-10(9)11(14)15/h4-6,9-10H,1-3H2,(H,14,15). The van der Waals surface area contributed by atoms with E-state index in [4.69, 9.17) is 5.11 Å². The van der Waals surface area contributed by atoms with E-state index in [0.29, 0.717) is 12.0 Å². The Morgan fingerprint density at radius 2 is 2.27 bits per heavy atom. The summed E-state index contributed by atoms with van der Waals surface area (Å²) in [5.74, 6) is -1.65. The minimum atomic E-state index is -0.790. The number of carbonyl (C=O) groups is 1. The zero-order valence-electron chi connectivity index (χ0n) is 8.19. The van der Waals surface area contributed by atoms with Crippen LogP contribution in [0.1, 0.15) is 30.7 Å². The minimum Gasteiger partial charge on any atom is -0.481 e. The molecule has 1 aliphatic rings. The summed E-state index contributed by atoms with van der Waals surface area (Å²) < 4.78 is 12.9. The molecule has 4 heteroatoms. The van der Waals surface area contributed by atoms with Crippen molar-refractivity contribution in [1.29, 1.82) is 0 Å². The highest BCUT2D eigenvalue weighted by molar-refractivity contribution is 5.71. The molecule has 0 radical (unpaired) electrons. The van der Waals surface area contributed by atoms with Crippen molar-refractivity contribution >= 4 is 5.97 Å². The Morgan fingerprint density at radius 1 is 1.47 bits per heavy atom. The lowest BCUT2D eigenvalue weighted by Crippen LogP contribution is -2.17. The van der Waals surface area contributed by atoms with Crippen molar-refractivity contribution in [3.05, 3.63) is 29.8 Å². The molecule has 2 unspecified atom stereocenters. The van der Waals surface area contributed by atoms with Gasteiger partial charge in [0, 0.05) is 6.20 Å². The summed E-state index contributed by atoms with van der Waals surface area (Å²) in [6.07, 6.45) is 5.07. The van der Waals surface area contributed by atoms with Crippen molar-refractivity contribution in [2.75, 3.05) is 0 Å². The topological polar surface area (TPSA) is 50.2 Å². The van der Waals surface area contributed by atoms with Crippen LogP contribution >= 0.6 is 0 Å². The maximum absolute atomic E-state index is 12.9. The second-order valence-electron chi connectivity index (χ2n) is 3.92. The molecular weight excluding hydrogens is 197 g/mol. The minimum absolute atomic E-state index is 0.0781. The first kappa shape index (κ1) is 10.1. The number of nitrogens with zero attached hydrogens (tertiary/aromatic N) is 1. The average molecular weight is 209 g/mol. The van der Waals surface area contributed by atoms with Gasteiger partial charge in [0.2, 0.25) is 0 Å². The number of halogens is 1. The van der Waals surface area contributed by atoms with Gasteiger partial charge in [0.05, 0.1) is 12.1 Å². The fourth-order valence-electron chi connectivity index (χ4n) is 2.29. The van der Waals surface area contributed by atoms with Gasteiger partial charge in [0.15, 0.2) is 0 Å². The highest BCUT2D eigenvalue weighted by Gasteiger charge is 2.34. The van der Waals surface area contributed by atoms with Gasteiger partial charge in [-0.05, 0) is 30.4 Å². The van der Waals surface area contributed by atoms with E-state index in [2.05, 4.69) is 4.98 Å². The van der Waals surface area contributed by atoms with E-state index < -0.39 is 11.8 Å². The summed E-state index contributed by atoms with van der Waals surface area (Å²) in [6.45, 7) is 0. The average Bonchev–Trinajstić information content (AvgIpc) is 2.65.